The fraction of sp³-hybridized carbons (Fsp3) is 0.875. The molecule has 4 heteroatoms. The van der Waals surface area contributed by atoms with Gasteiger partial charge in [0.2, 0.25) is 6.39 Å². The summed E-state index contributed by atoms with van der Waals surface area (Å²) in [6.45, 7) is 0.962. The lowest BCUT2D eigenvalue weighted by Gasteiger charge is -2.19. The van der Waals surface area contributed by atoms with Gasteiger partial charge in [-0.15, -0.1) is 0 Å². The van der Waals surface area contributed by atoms with Crippen molar-refractivity contribution in [2.24, 2.45) is 0 Å². The van der Waals surface area contributed by atoms with Crippen molar-refractivity contribution in [2.45, 2.75) is 83.1 Å². The van der Waals surface area contributed by atoms with Gasteiger partial charge in [-0.05, 0) is 12.8 Å². The third-order valence-corrected chi connectivity index (χ3v) is 4.29. The highest BCUT2D eigenvalue weighted by atomic mass is 16.5. The minimum absolute atomic E-state index is 0.682. The van der Waals surface area contributed by atoms with Crippen molar-refractivity contribution in [3.8, 4) is 0 Å². The maximum absolute atomic E-state index is 4.76. The third kappa shape index (κ3) is 6.51. The summed E-state index contributed by atoms with van der Waals surface area (Å²) in [7, 11) is 0. The molecule has 0 aliphatic heterocycles. The number of nitrogens with one attached hydrogen (secondary N) is 1. The Morgan fingerprint density at radius 1 is 0.950 bits per heavy atom. The molecule has 0 spiro atoms. The van der Waals surface area contributed by atoms with Gasteiger partial charge in [-0.3, -0.25) is 0 Å². The van der Waals surface area contributed by atoms with Crippen LogP contribution in [0.25, 0.3) is 0 Å². The summed E-state index contributed by atoms with van der Waals surface area (Å²) in [6.07, 6.45) is 17.7. The molecule has 1 aliphatic rings. The monoisotopic (exact) mass is 279 g/mol. The van der Waals surface area contributed by atoms with Gasteiger partial charge >= 0.3 is 0 Å². The zero-order valence-electron chi connectivity index (χ0n) is 12.6. The van der Waals surface area contributed by atoms with E-state index < -0.39 is 0 Å². The Morgan fingerprint density at radius 2 is 1.55 bits per heavy atom. The summed E-state index contributed by atoms with van der Waals surface area (Å²) in [4.78, 5) is 4.06. The van der Waals surface area contributed by atoms with E-state index in [1.165, 1.54) is 77.0 Å². The van der Waals surface area contributed by atoms with Crippen molar-refractivity contribution in [1.29, 1.82) is 0 Å². The highest BCUT2D eigenvalue weighted by molar-refractivity contribution is 4.80. The predicted molar refractivity (Wildman–Crippen MR) is 80.6 cm³/mol. The van der Waals surface area contributed by atoms with E-state index in [9.17, 15) is 0 Å². The van der Waals surface area contributed by atoms with E-state index >= 15 is 0 Å². The molecule has 0 bridgehead atoms. The van der Waals surface area contributed by atoms with Gasteiger partial charge < -0.3 is 9.84 Å². The van der Waals surface area contributed by atoms with Crippen molar-refractivity contribution in [3.05, 3.63) is 12.2 Å². The normalized spacial score (nSPS) is 20.2. The zero-order valence-corrected chi connectivity index (χ0v) is 12.6. The SMILES string of the molecule is c1nc(CCNC2CCCCCCCCCCC2)no1. The van der Waals surface area contributed by atoms with Gasteiger partial charge in [0.1, 0.15) is 0 Å². The first-order valence-electron chi connectivity index (χ1n) is 8.44. The molecule has 0 radical (unpaired) electrons. The molecule has 114 valence electrons. The molecule has 4 nitrogen and oxygen atoms in total. The Bertz CT molecular complexity index is 314. The molecule has 0 saturated heterocycles. The molecule has 0 amide bonds. The van der Waals surface area contributed by atoms with Crippen LogP contribution in [0, 0.1) is 0 Å². The number of hydrogen-bond acceptors (Lipinski definition) is 4. The van der Waals surface area contributed by atoms with Gasteiger partial charge in [0.05, 0.1) is 0 Å². The number of nitrogens with zero attached hydrogens (tertiary/aromatic N) is 2. The topological polar surface area (TPSA) is 51.0 Å². The van der Waals surface area contributed by atoms with Crippen molar-refractivity contribution < 1.29 is 4.52 Å². The second-order valence-electron chi connectivity index (χ2n) is 6.01. The molecule has 2 rings (SSSR count). The minimum atomic E-state index is 0.682. The van der Waals surface area contributed by atoms with E-state index in [4.69, 9.17) is 4.52 Å². The van der Waals surface area contributed by atoms with E-state index in [-0.39, 0.29) is 0 Å². The Labute approximate surface area is 122 Å². The first-order chi connectivity index (χ1) is 9.95. The van der Waals surface area contributed by atoms with E-state index in [1.807, 2.05) is 0 Å². The van der Waals surface area contributed by atoms with Crippen LogP contribution in [-0.2, 0) is 6.42 Å². The maximum atomic E-state index is 4.76. The maximum Gasteiger partial charge on any atom is 0.213 e. The summed E-state index contributed by atoms with van der Waals surface area (Å²) < 4.78 is 4.76. The van der Waals surface area contributed by atoms with Gasteiger partial charge in [-0.25, -0.2) is 0 Å². The van der Waals surface area contributed by atoms with Crippen LogP contribution in [0.5, 0.6) is 0 Å². The average Bonchev–Trinajstić information content (AvgIpc) is 2.94. The Hall–Kier alpha value is -0.900. The van der Waals surface area contributed by atoms with E-state index in [0.717, 1.165) is 18.8 Å². The lowest BCUT2D eigenvalue weighted by Crippen LogP contribution is -2.31. The third-order valence-electron chi connectivity index (χ3n) is 4.29. The van der Waals surface area contributed by atoms with Crippen molar-refractivity contribution in [3.63, 3.8) is 0 Å². The molecule has 1 N–H and O–H groups in total. The van der Waals surface area contributed by atoms with Crippen LogP contribution in [0.1, 0.15) is 76.5 Å². The Balaban J connectivity index is 1.65. The lowest BCUT2D eigenvalue weighted by atomic mass is 9.98. The Morgan fingerprint density at radius 3 is 2.10 bits per heavy atom. The average molecular weight is 279 g/mol. The first kappa shape index (κ1) is 15.5. The van der Waals surface area contributed by atoms with E-state index in [1.54, 1.807) is 0 Å². The van der Waals surface area contributed by atoms with Gasteiger partial charge in [-0.1, -0.05) is 62.9 Å². The lowest BCUT2D eigenvalue weighted by molar-refractivity contribution is 0.395. The van der Waals surface area contributed by atoms with Crippen molar-refractivity contribution >= 4 is 0 Å². The summed E-state index contributed by atoms with van der Waals surface area (Å²) >= 11 is 0. The number of rotatable bonds is 4. The second-order valence-corrected chi connectivity index (χ2v) is 6.01. The molecule has 1 aromatic heterocycles. The van der Waals surface area contributed by atoms with Gasteiger partial charge in [0.25, 0.3) is 0 Å². The highest BCUT2D eigenvalue weighted by Crippen LogP contribution is 2.16. The van der Waals surface area contributed by atoms with Gasteiger partial charge in [0.15, 0.2) is 5.82 Å². The zero-order chi connectivity index (χ0) is 13.9. The van der Waals surface area contributed by atoms with Crippen LogP contribution in [0.15, 0.2) is 10.9 Å². The number of aromatic nitrogens is 2. The fourth-order valence-electron chi connectivity index (χ4n) is 3.06. The summed E-state index contributed by atoms with van der Waals surface area (Å²) in [5, 5.41) is 7.55. The molecule has 0 aromatic carbocycles. The predicted octanol–water partition coefficient (Wildman–Crippen LogP) is 3.88. The summed E-state index contributed by atoms with van der Waals surface area (Å²) in [5.74, 6) is 0.811. The molecule has 1 aromatic rings. The highest BCUT2D eigenvalue weighted by Gasteiger charge is 2.09. The van der Waals surface area contributed by atoms with Gasteiger partial charge in [-0.2, -0.15) is 4.98 Å². The quantitative estimate of drug-likeness (QED) is 0.909. The van der Waals surface area contributed by atoms with E-state index in [2.05, 4.69) is 15.5 Å². The fourth-order valence-corrected chi connectivity index (χ4v) is 3.06. The van der Waals surface area contributed by atoms with Crippen LogP contribution < -0.4 is 5.32 Å². The van der Waals surface area contributed by atoms with Crippen LogP contribution in [0.3, 0.4) is 0 Å². The molecule has 1 heterocycles. The molecule has 20 heavy (non-hydrogen) atoms. The second kappa shape index (κ2) is 9.92. The van der Waals surface area contributed by atoms with E-state index in [0.29, 0.717) is 6.04 Å². The minimum Gasteiger partial charge on any atom is -0.343 e. The van der Waals surface area contributed by atoms with Crippen LogP contribution >= 0.6 is 0 Å². The van der Waals surface area contributed by atoms with Crippen LogP contribution in [0.2, 0.25) is 0 Å². The molecule has 1 aliphatic carbocycles. The first-order valence-corrected chi connectivity index (χ1v) is 8.44. The molecule has 0 unspecified atom stereocenters. The molecule has 0 atom stereocenters. The Kier molecular flexibility index (Phi) is 7.68. The van der Waals surface area contributed by atoms with Crippen molar-refractivity contribution in [2.75, 3.05) is 6.54 Å². The summed E-state index contributed by atoms with van der Waals surface area (Å²) in [5.41, 5.74) is 0. The largest absolute Gasteiger partial charge is 0.343 e. The van der Waals surface area contributed by atoms with Crippen molar-refractivity contribution in [1.82, 2.24) is 15.5 Å². The number of hydrogen-bond donors (Lipinski definition) is 1. The van der Waals surface area contributed by atoms with Gasteiger partial charge in [0, 0.05) is 19.0 Å². The van der Waals surface area contributed by atoms with Crippen LogP contribution in [-0.4, -0.2) is 22.7 Å². The standard InChI is InChI=1S/C16H29N3O/c1-2-4-6-8-10-15(11-9-7-5-3-1)17-13-12-16-18-14-20-19-16/h14-15,17H,1-13H2. The molecule has 1 saturated carbocycles. The van der Waals surface area contributed by atoms with Crippen LogP contribution in [0.4, 0.5) is 0 Å². The molecular weight excluding hydrogens is 250 g/mol. The summed E-state index contributed by atoms with van der Waals surface area (Å²) in [6, 6.07) is 0.682. The molecular formula is C16H29N3O. The smallest absolute Gasteiger partial charge is 0.213 e. The molecule has 1 fully saturated rings.